The summed E-state index contributed by atoms with van der Waals surface area (Å²) in [6, 6.07) is 7.32. The highest BCUT2D eigenvalue weighted by Crippen LogP contribution is 2.12. The minimum Gasteiger partial charge on any atom is -0.307 e. The highest BCUT2D eigenvalue weighted by Gasteiger charge is 2.08. The first-order valence-electron chi connectivity index (χ1n) is 5.21. The van der Waals surface area contributed by atoms with Gasteiger partial charge in [-0.1, -0.05) is 41.5 Å². The highest BCUT2D eigenvalue weighted by molar-refractivity contribution is 5.29. The van der Waals surface area contributed by atoms with Crippen LogP contribution in [-0.2, 0) is 6.42 Å². The van der Waals surface area contributed by atoms with E-state index in [1.54, 1.807) is 0 Å². The standard InChI is InChI=1S/C13H17N/c1-10-6-11(2)8-12(7-10)9-13-4-3-5-14-13/h3-4,6-8,13-14H,5,9H2,1-2H3. The predicted octanol–water partition coefficient (Wildman–Crippen LogP) is 2.37. The van der Waals surface area contributed by atoms with Crippen LogP contribution in [0.5, 0.6) is 0 Å². The maximum Gasteiger partial charge on any atom is 0.0293 e. The third-order valence-corrected chi connectivity index (χ3v) is 2.60. The van der Waals surface area contributed by atoms with Crippen LogP contribution in [0.15, 0.2) is 30.4 Å². The lowest BCUT2D eigenvalue weighted by Gasteiger charge is -2.10. The van der Waals surface area contributed by atoms with Crippen LogP contribution in [0.4, 0.5) is 0 Å². The van der Waals surface area contributed by atoms with Gasteiger partial charge in [-0.25, -0.2) is 0 Å². The molecule has 1 aliphatic heterocycles. The summed E-state index contributed by atoms with van der Waals surface area (Å²) in [5, 5.41) is 3.43. The molecular formula is C13H17N. The van der Waals surface area contributed by atoms with Crippen molar-refractivity contribution in [1.82, 2.24) is 5.32 Å². The van der Waals surface area contributed by atoms with Crippen molar-refractivity contribution in [2.75, 3.05) is 6.54 Å². The molecule has 1 N–H and O–H groups in total. The van der Waals surface area contributed by atoms with Crippen LogP contribution in [0.1, 0.15) is 16.7 Å². The smallest absolute Gasteiger partial charge is 0.0293 e. The first-order valence-corrected chi connectivity index (χ1v) is 5.21. The summed E-state index contributed by atoms with van der Waals surface area (Å²) in [5.41, 5.74) is 4.16. The molecule has 74 valence electrons. The van der Waals surface area contributed by atoms with Crippen molar-refractivity contribution in [3.8, 4) is 0 Å². The number of benzene rings is 1. The van der Waals surface area contributed by atoms with E-state index >= 15 is 0 Å². The van der Waals surface area contributed by atoms with Crippen molar-refractivity contribution in [3.63, 3.8) is 0 Å². The SMILES string of the molecule is Cc1cc(C)cc(CC2C=CCN2)c1. The highest BCUT2D eigenvalue weighted by atomic mass is 14.9. The van der Waals surface area contributed by atoms with Gasteiger partial charge in [0.05, 0.1) is 0 Å². The fraction of sp³-hybridized carbons (Fsp3) is 0.385. The molecule has 1 heteroatoms. The monoisotopic (exact) mass is 187 g/mol. The van der Waals surface area contributed by atoms with Gasteiger partial charge < -0.3 is 5.32 Å². The Kier molecular flexibility index (Phi) is 2.69. The Labute approximate surface area is 85.8 Å². The zero-order valence-corrected chi connectivity index (χ0v) is 8.88. The van der Waals surface area contributed by atoms with Crippen LogP contribution in [-0.4, -0.2) is 12.6 Å². The summed E-state index contributed by atoms with van der Waals surface area (Å²) in [6.45, 7) is 5.35. The molecule has 1 aromatic rings. The zero-order valence-electron chi connectivity index (χ0n) is 8.88. The van der Waals surface area contributed by atoms with Crippen LogP contribution in [0.25, 0.3) is 0 Å². The number of hydrogen-bond acceptors (Lipinski definition) is 1. The van der Waals surface area contributed by atoms with Gasteiger partial charge in [-0.2, -0.15) is 0 Å². The molecule has 0 radical (unpaired) electrons. The van der Waals surface area contributed by atoms with Gasteiger partial charge in [0.2, 0.25) is 0 Å². The van der Waals surface area contributed by atoms with E-state index in [0.717, 1.165) is 13.0 Å². The molecule has 1 aliphatic rings. The molecule has 0 bridgehead atoms. The van der Waals surface area contributed by atoms with Gasteiger partial charge in [0, 0.05) is 12.6 Å². The zero-order chi connectivity index (χ0) is 9.97. The van der Waals surface area contributed by atoms with Crippen LogP contribution < -0.4 is 5.32 Å². The van der Waals surface area contributed by atoms with Crippen LogP contribution in [0, 0.1) is 13.8 Å². The first-order chi connectivity index (χ1) is 6.74. The summed E-state index contributed by atoms with van der Waals surface area (Å²) in [7, 11) is 0. The maximum atomic E-state index is 3.43. The van der Waals surface area contributed by atoms with Gasteiger partial charge in [-0.05, 0) is 25.8 Å². The summed E-state index contributed by atoms with van der Waals surface area (Å²) in [6.07, 6.45) is 5.57. The average Bonchev–Trinajstić information content (AvgIpc) is 2.54. The number of hydrogen-bond donors (Lipinski definition) is 1. The molecule has 0 amide bonds. The van der Waals surface area contributed by atoms with E-state index in [1.165, 1.54) is 16.7 Å². The molecule has 0 spiro atoms. The predicted molar refractivity (Wildman–Crippen MR) is 60.6 cm³/mol. The summed E-state index contributed by atoms with van der Waals surface area (Å²) < 4.78 is 0. The first kappa shape index (κ1) is 9.47. The molecule has 0 fully saturated rings. The minimum atomic E-state index is 0.538. The number of aryl methyl sites for hydroxylation is 2. The van der Waals surface area contributed by atoms with Gasteiger partial charge >= 0.3 is 0 Å². The summed E-state index contributed by atoms with van der Waals surface area (Å²) >= 11 is 0. The molecule has 14 heavy (non-hydrogen) atoms. The van der Waals surface area contributed by atoms with Crippen LogP contribution >= 0.6 is 0 Å². The van der Waals surface area contributed by atoms with E-state index < -0.39 is 0 Å². The summed E-state index contributed by atoms with van der Waals surface area (Å²) in [5.74, 6) is 0. The van der Waals surface area contributed by atoms with Crippen molar-refractivity contribution in [3.05, 3.63) is 47.0 Å². The minimum absolute atomic E-state index is 0.538. The molecule has 1 nitrogen and oxygen atoms in total. The van der Waals surface area contributed by atoms with Gasteiger partial charge in [0.15, 0.2) is 0 Å². The quantitative estimate of drug-likeness (QED) is 0.701. The Hall–Kier alpha value is -1.08. The Bertz CT molecular complexity index is 332. The largest absolute Gasteiger partial charge is 0.307 e. The number of rotatable bonds is 2. The van der Waals surface area contributed by atoms with E-state index in [2.05, 4.69) is 49.5 Å². The van der Waals surface area contributed by atoms with Gasteiger partial charge in [0.25, 0.3) is 0 Å². The van der Waals surface area contributed by atoms with Crippen molar-refractivity contribution in [2.45, 2.75) is 26.3 Å². The van der Waals surface area contributed by atoms with Gasteiger partial charge in [-0.3, -0.25) is 0 Å². The Morgan fingerprint density at radius 1 is 1.21 bits per heavy atom. The molecular weight excluding hydrogens is 170 g/mol. The van der Waals surface area contributed by atoms with Crippen molar-refractivity contribution in [2.24, 2.45) is 0 Å². The summed E-state index contributed by atoms with van der Waals surface area (Å²) in [4.78, 5) is 0. The molecule has 0 aromatic heterocycles. The molecule has 0 saturated heterocycles. The third kappa shape index (κ3) is 2.24. The van der Waals surface area contributed by atoms with E-state index in [1.807, 2.05) is 0 Å². The Morgan fingerprint density at radius 3 is 2.50 bits per heavy atom. The number of nitrogens with one attached hydrogen (secondary N) is 1. The van der Waals surface area contributed by atoms with Gasteiger partial charge in [-0.15, -0.1) is 0 Å². The van der Waals surface area contributed by atoms with Crippen LogP contribution in [0.3, 0.4) is 0 Å². The molecule has 0 saturated carbocycles. The molecule has 1 atom stereocenters. The van der Waals surface area contributed by atoms with Crippen molar-refractivity contribution < 1.29 is 0 Å². The van der Waals surface area contributed by atoms with Crippen molar-refractivity contribution in [1.29, 1.82) is 0 Å². The maximum absolute atomic E-state index is 3.43. The van der Waals surface area contributed by atoms with Crippen molar-refractivity contribution >= 4 is 0 Å². The van der Waals surface area contributed by atoms with Gasteiger partial charge in [0.1, 0.15) is 0 Å². The topological polar surface area (TPSA) is 12.0 Å². The normalized spacial score (nSPS) is 20.3. The Balaban J connectivity index is 2.11. The van der Waals surface area contributed by atoms with E-state index in [9.17, 15) is 0 Å². The second-order valence-corrected chi connectivity index (χ2v) is 4.14. The Morgan fingerprint density at radius 2 is 1.93 bits per heavy atom. The second kappa shape index (κ2) is 3.97. The van der Waals surface area contributed by atoms with E-state index in [0.29, 0.717) is 6.04 Å². The third-order valence-electron chi connectivity index (χ3n) is 2.60. The molecule has 0 aliphatic carbocycles. The fourth-order valence-corrected chi connectivity index (χ4v) is 2.10. The lowest BCUT2D eigenvalue weighted by atomic mass is 10.0. The van der Waals surface area contributed by atoms with Crippen LogP contribution in [0.2, 0.25) is 0 Å². The second-order valence-electron chi connectivity index (χ2n) is 4.14. The fourth-order valence-electron chi connectivity index (χ4n) is 2.10. The molecule has 1 heterocycles. The molecule has 2 rings (SSSR count). The van der Waals surface area contributed by atoms with E-state index in [-0.39, 0.29) is 0 Å². The lowest BCUT2D eigenvalue weighted by molar-refractivity contribution is 0.665. The average molecular weight is 187 g/mol. The molecule has 1 aromatic carbocycles. The lowest BCUT2D eigenvalue weighted by Crippen LogP contribution is -2.24. The van der Waals surface area contributed by atoms with E-state index in [4.69, 9.17) is 0 Å². The molecule has 1 unspecified atom stereocenters.